The zero-order valence-corrected chi connectivity index (χ0v) is 16.5. The average Bonchev–Trinajstić information content (AvgIpc) is 3.15. The number of methoxy groups -OCH3 is 2. The molecule has 0 bridgehead atoms. The van der Waals surface area contributed by atoms with Crippen molar-refractivity contribution in [2.24, 2.45) is 0 Å². The summed E-state index contributed by atoms with van der Waals surface area (Å²) in [4.78, 5) is 26.3. The Balaban J connectivity index is 1.72. The molecule has 6 nitrogen and oxygen atoms in total. The fraction of sp³-hybridized carbons (Fsp3) is 0.364. The third-order valence-corrected chi connectivity index (χ3v) is 5.06. The van der Waals surface area contributed by atoms with Crippen molar-refractivity contribution in [1.82, 2.24) is 4.90 Å². The number of benzene rings is 2. The Morgan fingerprint density at radius 2 is 1.96 bits per heavy atom. The number of rotatable bonds is 7. The smallest absolute Gasteiger partial charge is 0.238 e. The van der Waals surface area contributed by atoms with Crippen LogP contribution in [-0.2, 0) is 4.79 Å². The Bertz CT molecular complexity index is 865. The molecule has 0 aromatic heterocycles. The van der Waals surface area contributed by atoms with Crippen molar-refractivity contribution in [3.05, 3.63) is 53.6 Å². The summed E-state index contributed by atoms with van der Waals surface area (Å²) < 4.78 is 10.9. The van der Waals surface area contributed by atoms with Crippen molar-refractivity contribution in [2.45, 2.75) is 25.8 Å². The molecule has 1 N–H and O–H groups in total. The Morgan fingerprint density at radius 3 is 2.68 bits per heavy atom. The molecule has 3 rings (SSSR count). The van der Waals surface area contributed by atoms with Crippen molar-refractivity contribution in [3.63, 3.8) is 0 Å². The number of nitrogens with zero attached hydrogens (tertiary/aromatic N) is 1. The quantitative estimate of drug-likeness (QED) is 0.740. The highest BCUT2D eigenvalue weighted by molar-refractivity contribution is 5.97. The number of carbonyl (C=O) groups is 2. The van der Waals surface area contributed by atoms with Crippen molar-refractivity contribution in [2.75, 3.05) is 32.6 Å². The predicted molar refractivity (Wildman–Crippen MR) is 108 cm³/mol. The van der Waals surface area contributed by atoms with Crippen LogP contribution in [0, 0.1) is 0 Å². The Hall–Kier alpha value is -2.86. The van der Waals surface area contributed by atoms with Crippen LogP contribution in [0.25, 0.3) is 0 Å². The topological polar surface area (TPSA) is 67.9 Å². The van der Waals surface area contributed by atoms with Gasteiger partial charge in [0.1, 0.15) is 11.5 Å². The predicted octanol–water partition coefficient (Wildman–Crippen LogP) is 3.68. The Morgan fingerprint density at radius 1 is 1.14 bits per heavy atom. The van der Waals surface area contributed by atoms with Crippen LogP contribution in [0.15, 0.2) is 42.5 Å². The van der Waals surface area contributed by atoms with Gasteiger partial charge in [-0.15, -0.1) is 0 Å². The molecule has 1 aliphatic heterocycles. The molecule has 1 aliphatic rings. The number of ketones is 1. The van der Waals surface area contributed by atoms with Gasteiger partial charge in [0.25, 0.3) is 0 Å². The second kappa shape index (κ2) is 8.89. The first-order valence-corrected chi connectivity index (χ1v) is 9.38. The van der Waals surface area contributed by atoms with Gasteiger partial charge in [0.2, 0.25) is 5.91 Å². The van der Waals surface area contributed by atoms with Crippen LogP contribution in [0.4, 0.5) is 5.69 Å². The van der Waals surface area contributed by atoms with E-state index in [1.165, 1.54) is 6.92 Å². The molecule has 1 amide bonds. The lowest BCUT2D eigenvalue weighted by Gasteiger charge is -2.26. The second-order valence-corrected chi connectivity index (χ2v) is 6.92. The van der Waals surface area contributed by atoms with E-state index in [2.05, 4.69) is 10.2 Å². The standard InChI is InChI=1S/C22H26N2O4/c1-15(25)16-6-4-7-17(12-16)23-22(26)14-24-11-5-8-20(24)19-13-18(27-2)9-10-21(19)28-3/h4,6-7,9-10,12-13,20H,5,8,11,14H2,1-3H3,(H,23,26)/t20-/m1/s1. The minimum Gasteiger partial charge on any atom is -0.497 e. The molecule has 2 aromatic rings. The monoisotopic (exact) mass is 382 g/mol. The van der Waals surface area contributed by atoms with Crippen LogP contribution in [0.3, 0.4) is 0 Å². The first kappa shape index (κ1) is 19.9. The molecule has 1 heterocycles. The summed E-state index contributed by atoms with van der Waals surface area (Å²) in [5.41, 5.74) is 2.25. The zero-order valence-electron chi connectivity index (χ0n) is 16.5. The lowest BCUT2D eigenvalue weighted by molar-refractivity contribution is -0.117. The summed E-state index contributed by atoms with van der Waals surface area (Å²) in [6, 6.07) is 12.9. The molecule has 6 heteroatoms. The fourth-order valence-electron chi connectivity index (χ4n) is 3.67. The molecule has 1 atom stereocenters. The van der Waals surface area contributed by atoms with Gasteiger partial charge in [-0.3, -0.25) is 14.5 Å². The van der Waals surface area contributed by atoms with Gasteiger partial charge in [0, 0.05) is 22.9 Å². The van der Waals surface area contributed by atoms with Crippen LogP contribution in [0.5, 0.6) is 11.5 Å². The molecule has 0 spiro atoms. The second-order valence-electron chi connectivity index (χ2n) is 6.92. The van der Waals surface area contributed by atoms with E-state index < -0.39 is 0 Å². The number of likely N-dealkylation sites (tertiary alicyclic amines) is 1. The van der Waals surface area contributed by atoms with Gasteiger partial charge in [0.15, 0.2) is 5.78 Å². The molecule has 28 heavy (non-hydrogen) atoms. The number of anilines is 1. The third-order valence-electron chi connectivity index (χ3n) is 5.06. The molecule has 1 fully saturated rings. The first-order valence-electron chi connectivity index (χ1n) is 9.38. The molecular formula is C22H26N2O4. The van der Waals surface area contributed by atoms with Gasteiger partial charge in [-0.1, -0.05) is 12.1 Å². The number of carbonyl (C=O) groups excluding carboxylic acids is 2. The summed E-state index contributed by atoms with van der Waals surface area (Å²) in [7, 11) is 3.29. The van der Waals surface area contributed by atoms with Crippen LogP contribution in [-0.4, -0.2) is 43.9 Å². The van der Waals surface area contributed by atoms with Crippen molar-refractivity contribution < 1.29 is 19.1 Å². The zero-order chi connectivity index (χ0) is 20.1. The first-order chi connectivity index (χ1) is 13.5. The molecular weight excluding hydrogens is 356 g/mol. The van der Waals surface area contributed by atoms with Gasteiger partial charge in [-0.2, -0.15) is 0 Å². The lowest BCUT2D eigenvalue weighted by Crippen LogP contribution is -2.33. The molecule has 2 aromatic carbocycles. The third kappa shape index (κ3) is 4.51. The van der Waals surface area contributed by atoms with E-state index in [0.29, 0.717) is 11.3 Å². The number of hydrogen-bond acceptors (Lipinski definition) is 5. The summed E-state index contributed by atoms with van der Waals surface area (Å²) in [5.74, 6) is 1.44. The maximum atomic E-state index is 12.6. The Kier molecular flexibility index (Phi) is 6.31. The molecule has 0 saturated carbocycles. The number of amides is 1. The lowest BCUT2D eigenvalue weighted by atomic mass is 10.0. The number of ether oxygens (including phenoxy) is 2. The van der Waals surface area contributed by atoms with E-state index in [4.69, 9.17) is 9.47 Å². The molecule has 148 valence electrons. The fourth-order valence-corrected chi connectivity index (χ4v) is 3.67. The normalized spacial score (nSPS) is 16.6. The summed E-state index contributed by atoms with van der Waals surface area (Å²) in [5, 5.41) is 2.90. The van der Waals surface area contributed by atoms with Crippen LogP contribution in [0.2, 0.25) is 0 Å². The van der Waals surface area contributed by atoms with Gasteiger partial charge < -0.3 is 14.8 Å². The van der Waals surface area contributed by atoms with Gasteiger partial charge in [-0.25, -0.2) is 0 Å². The van der Waals surface area contributed by atoms with E-state index in [1.807, 2.05) is 18.2 Å². The van der Waals surface area contributed by atoms with E-state index in [0.717, 1.165) is 36.4 Å². The van der Waals surface area contributed by atoms with Crippen molar-refractivity contribution in [1.29, 1.82) is 0 Å². The van der Waals surface area contributed by atoms with Crippen LogP contribution < -0.4 is 14.8 Å². The van der Waals surface area contributed by atoms with Gasteiger partial charge in [-0.05, 0) is 56.6 Å². The van der Waals surface area contributed by atoms with E-state index in [1.54, 1.807) is 38.5 Å². The van der Waals surface area contributed by atoms with E-state index in [9.17, 15) is 9.59 Å². The van der Waals surface area contributed by atoms with Crippen LogP contribution in [0.1, 0.15) is 41.7 Å². The maximum absolute atomic E-state index is 12.6. The van der Waals surface area contributed by atoms with E-state index in [-0.39, 0.29) is 24.3 Å². The van der Waals surface area contributed by atoms with Gasteiger partial charge in [0.05, 0.1) is 20.8 Å². The molecule has 0 aliphatic carbocycles. The number of Topliss-reactive ketones (excluding diaryl/α,β-unsaturated/α-hetero) is 1. The highest BCUT2D eigenvalue weighted by atomic mass is 16.5. The highest BCUT2D eigenvalue weighted by Crippen LogP contribution is 2.38. The summed E-state index contributed by atoms with van der Waals surface area (Å²) in [6.45, 7) is 2.62. The van der Waals surface area contributed by atoms with Crippen molar-refractivity contribution in [3.8, 4) is 11.5 Å². The SMILES string of the molecule is COc1ccc(OC)c([C@H]2CCCN2CC(=O)Nc2cccc(C(C)=O)c2)c1. The molecule has 0 unspecified atom stereocenters. The number of nitrogens with one attached hydrogen (secondary N) is 1. The summed E-state index contributed by atoms with van der Waals surface area (Å²) in [6.07, 6.45) is 1.97. The Labute approximate surface area is 165 Å². The van der Waals surface area contributed by atoms with Gasteiger partial charge >= 0.3 is 0 Å². The molecule has 0 radical (unpaired) electrons. The summed E-state index contributed by atoms with van der Waals surface area (Å²) >= 11 is 0. The minimum atomic E-state index is -0.102. The maximum Gasteiger partial charge on any atom is 0.238 e. The molecule has 1 saturated heterocycles. The van der Waals surface area contributed by atoms with Crippen LogP contribution >= 0.6 is 0 Å². The van der Waals surface area contributed by atoms with E-state index >= 15 is 0 Å². The average molecular weight is 382 g/mol. The number of hydrogen-bond donors (Lipinski definition) is 1. The highest BCUT2D eigenvalue weighted by Gasteiger charge is 2.30. The minimum absolute atomic E-state index is 0.0270. The largest absolute Gasteiger partial charge is 0.497 e. The van der Waals surface area contributed by atoms with Crippen molar-refractivity contribution >= 4 is 17.4 Å².